The van der Waals surface area contributed by atoms with Gasteiger partial charge in [-0.1, -0.05) is 56.8 Å². The lowest BCUT2D eigenvalue weighted by Crippen LogP contribution is -2.15. The maximum absolute atomic E-state index is 12.8. The predicted octanol–water partition coefficient (Wildman–Crippen LogP) is 6.76. The summed E-state index contributed by atoms with van der Waals surface area (Å²) in [5.74, 6) is 0.168. The summed E-state index contributed by atoms with van der Waals surface area (Å²) in [6, 6.07) is 12.3. The van der Waals surface area contributed by atoms with Gasteiger partial charge in [-0.3, -0.25) is 9.48 Å². The largest absolute Gasteiger partial charge is 0.470 e. The molecule has 11 heteroatoms. The van der Waals surface area contributed by atoms with Gasteiger partial charge in [-0.05, 0) is 55.8 Å². The highest BCUT2D eigenvalue weighted by molar-refractivity contribution is 9.10. The Kier molecular flexibility index (Phi) is 7.52. The molecule has 0 atom stereocenters. The maximum Gasteiger partial charge on any atom is 0.276 e. The van der Waals surface area contributed by atoms with Crippen LogP contribution in [0.4, 0.5) is 5.69 Å². The number of aryl methyl sites for hydroxylation is 1. The van der Waals surface area contributed by atoms with Gasteiger partial charge in [-0.25, -0.2) is 4.68 Å². The van der Waals surface area contributed by atoms with Crippen LogP contribution in [0.15, 0.2) is 53.1 Å². The molecule has 0 aliphatic heterocycles. The molecule has 0 fully saturated rings. The number of benzene rings is 2. The minimum absolute atomic E-state index is 0.104. The molecule has 7 nitrogen and oxygen atoms in total. The van der Waals surface area contributed by atoms with E-state index in [9.17, 15) is 4.79 Å². The van der Waals surface area contributed by atoms with Crippen LogP contribution >= 0.6 is 50.7 Å². The number of anilines is 1. The van der Waals surface area contributed by atoms with E-state index in [0.29, 0.717) is 38.7 Å². The van der Waals surface area contributed by atoms with Crippen LogP contribution in [0.2, 0.25) is 15.1 Å². The molecule has 2 aromatic heterocycles. The lowest BCUT2D eigenvalue weighted by molar-refractivity contribution is 0.102. The van der Waals surface area contributed by atoms with Crippen LogP contribution in [0.5, 0.6) is 5.75 Å². The molecule has 0 spiro atoms. The highest BCUT2D eigenvalue weighted by Gasteiger charge is 2.18. The third kappa shape index (κ3) is 5.58. The first-order valence-corrected chi connectivity index (χ1v) is 12.0. The van der Waals surface area contributed by atoms with Gasteiger partial charge in [0.25, 0.3) is 5.91 Å². The predicted molar refractivity (Wildman–Crippen MR) is 137 cm³/mol. The van der Waals surface area contributed by atoms with Crippen molar-refractivity contribution in [3.63, 3.8) is 0 Å². The van der Waals surface area contributed by atoms with E-state index in [0.717, 1.165) is 15.7 Å². The van der Waals surface area contributed by atoms with Crippen LogP contribution < -0.4 is 10.1 Å². The first-order chi connectivity index (χ1) is 16.2. The zero-order chi connectivity index (χ0) is 24.4. The number of halogens is 4. The standard InChI is InChI=1S/C23H19BrCl3N5O2/c1-13-22(14(2)32(29-13)11-15-3-5-17(25)10-18(15)26)28-23(33)20-7-8-31(30-20)12-34-21-6-4-16(24)9-19(21)27/h3-10H,11-12H2,1-2H3,(H,28,33). The second-order valence-corrected chi connectivity index (χ2v) is 9.65. The van der Waals surface area contributed by atoms with Crippen molar-refractivity contribution in [3.8, 4) is 5.75 Å². The molecule has 1 amide bonds. The molecular formula is C23H19BrCl3N5O2. The number of nitrogens with one attached hydrogen (secondary N) is 1. The minimum Gasteiger partial charge on any atom is -0.470 e. The Balaban J connectivity index is 1.43. The summed E-state index contributed by atoms with van der Waals surface area (Å²) in [6.07, 6.45) is 1.66. The van der Waals surface area contributed by atoms with E-state index in [1.54, 1.807) is 41.2 Å². The summed E-state index contributed by atoms with van der Waals surface area (Å²) in [4.78, 5) is 12.8. The number of carbonyl (C=O) groups is 1. The SMILES string of the molecule is Cc1nn(Cc2ccc(Cl)cc2Cl)c(C)c1NC(=O)c1ccn(COc2ccc(Br)cc2Cl)n1. The Hall–Kier alpha value is -2.52. The molecule has 0 saturated heterocycles. The minimum atomic E-state index is -0.351. The van der Waals surface area contributed by atoms with Crippen molar-refractivity contribution in [1.29, 1.82) is 0 Å². The van der Waals surface area contributed by atoms with Gasteiger partial charge in [-0.15, -0.1) is 0 Å². The second-order valence-electron chi connectivity index (χ2n) is 7.48. The maximum atomic E-state index is 12.8. The number of amides is 1. The van der Waals surface area contributed by atoms with Gasteiger partial charge >= 0.3 is 0 Å². The molecule has 0 unspecified atom stereocenters. The van der Waals surface area contributed by atoms with Crippen LogP contribution in [-0.2, 0) is 13.3 Å². The molecule has 34 heavy (non-hydrogen) atoms. The monoisotopic (exact) mass is 581 g/mol. The van der Waals surface area contributed by atoms with E-state index >= 15 is 0 Å². The fraction of sp³-hybridized carbons (Fsp3) is 0.174. The van der Waals surface area contributed by atoms with Crippen molar-refractivity contribution in [2.45, 2.75) is 27.1 Å². The van der Waals surface area contributed by atoms with E-state index in [4.69, 9.17) is 39.5 Å². The van der Waals surface area contributed by atoms with Gasteiger partial charge in [0.05, 0.1) is 28.6 Å². The van der Waals surface area contributed by atoms with E-state index in [1.165, 1.54) is 4.68 Å². The Bertz CT molecular complexity index is 1370. The van der Waals surface area contributed by atoms with E-state index < -0.39 is 0 Å². The normalized spacial score (nSPS) is 11.0. The topological polar surface area (TPSA) is 74.0 Å². The molecule has 1 N–H and O–H groups in total. The molecular weight excluding hydrogens is 565 g/mol. The summed E-state index contributed by atoms with van der Waals surface area (Å²) in [5.41, 5.74) is 3.23. The van der Waals surface area contributed by atoms with Gasteiger partial charge < -0.3 is 10.1 Å². The summed E-state index contributed by atoms with van der Waals surface area (Å²) in [7, 11) is 0. The van der Waals surface area contributed by atoms with Crippen molar-refractivity contribution in [2.24, 2.45) is 0 Å². The van der Waals surface area contributed by atoms with E-state index in [-0.39, 0.29) is 18.3 Å². The zero-order valence-electron chi connectivity index (χ0n) is 18.2. The fourth-order valence-corrected chi connectivity index (χ4v) is 4.50. The number of hydrogen-bond acceptors (Lipinski definition) is 4. The molecule has 0 aliphatic rings. The average Bonchev–Trinajstić information content (AvgIpc) is 3.35. The first kappa shape index (κ1) is 24.6. The fourth-order valence-electron chi connectivity index (χ4n) is 3.30. The third-order valence-electron chi connectivity index (χ3n) is 5.07. The van der Waals surface area contributed by atoms with Gasteiger partial charge in [0.2, 0.25) is 0 Å². The van der Waals surface area contributed by atoms with Crippen LogP contribution in [0, 0.1) is 13.8 Å². The van der Waals surface area contributed by atoms with Crippen LogP contribution in [0.1, 0.15) is 27.4 Å². The molecule has 4 rings (SSSR count). The Morgan fingerprint density at radius 1 is 1.06 bits per heavy atom. The summed E-state index contributed by atoms with van der Waals surface area (Å²) >= 11 is 21.8. The van der Waals surface area contributed by atoms with Crippen molar-refractivity contribution >= 4 is 62.3 Å². The van der Waals surface area contributed by atoms with Gasteiger partial charge in [0.15, 0.2) is 12.4 Å². The highest BCUT2D eigenvalue weighted by atomic mass is 79.9. The first-order valence-electron chi connectivity index (χ1n) is 10.1. The Morgan fingerprint density at radius 3 is 2.59 bits per heavy atom. The zero-order valence-corrected chi connectivity index (χ0v) is 22.0. The van der Waals surface area contributed by atoms with Crippen LogP contribution in [0.3, 0.4) is 0 Å². The van der Waals surface area contributed by atoms with Crippen LogP contribution in [-0.4, -0.2) is 25.5 Å². The molecule has 0 bridgehead atoms. The van der Waals surface area contributed by atoms with Gasteiger partial charge in [-0.2, -0.15) is 10.2 Å². The third-order valence-corrected chi connectivity index (χ3v) is 6.45. The van der Waals surface area contributed by atoms with Gasteiger partial charge in [0.1, 0.15) is 5.75 Å². The number of ether oxygens (including phenoxy) is 1. The number of rotatable bonds is 7. The average molecular weight is 584 g/mol. The summed E-state index contributed by atoms with van der Waals surface area (Å²) in [5, 5.41) is 13.3. The molecule has 0 saturated carbocycles. The van der Waals surface area contributed by atoms with E-state index in [2.05, 4.69) is 31.4 Å². The van der Waals surface area contributed by atoms with Gasteiger partial charge in [0, 0.05) is 20.7 Å². The quantitative estimate of drug-likeness (QED) is 0.261. The molecule has 0 aliphatic carbocycles. The van der Waals surface area contributed by atoms with Crippen molar-refractivity contribution in [2.75, 3.05) is 5.32 Å². The highest BCUT2D eigenvalue weighted by Crippen LogP contribution is 2.28. The molecule has 2 heterocycles. The lowest BCUT2D eigenvalue weighted by Gasteiger charge is -2.09. The smallest absolute Gasteiger partial charge is 0.276 e. The van der Waals surface area contributed by atoms with E-state index in [1.807, 2.05) is 26.0 Å². The number of aromatic nitrogens is 4. The molecule has 4 aromatic rings. The van der Waals surface area contributed by atoms with Crippen molar-refractivity contribution in [3.05, 3.63) is 90.8 Å². The van der Waals surface area contributed by atoms with Crippen molar-refractivity contribution < 1.29 is 9.53 Å². The number of nitrogens with zero attached hydrogens (tertiary/aromatic N) is 4. The Labute approximate surface area is 219 Å². The molecule has 176 valence electrons. The number of carbonyl (C=O) groups excluding carboxylic acids is 1. The lowest BCUT2D eigenvalue weighted by atomic mass is 10.2. The summed E-state index contributed by atoms with van der Waals surface area (Å²) in [6.45, 7) is 4.26. The Morgan fingerprint density at radius 2 is 1.85 bits per heavy atom. The molecule has 2 aromatic carbocycles. The summed E-state index contributed by atoms with van der Waals surface area (Å²) < 4.78 is 9.84. The van der Waals surface area contributed by atoms with Crippen molar-refractivity contribution in [1.82, 2.24) is 19.6 Å². The molecule has 0 radical (unpaired) electrons. The second kappa shape index (κ2) is 10.4. The number of hydrogen-bond donors (Lipinski definition) is 1. The van der Waals surface area contributed by atoms with Crippen LogP contribution in [0.25, 0.3) is 0 Å².